The Kier molecular flexibility index (Phi) is 2.84. The molecule has 3 nitrogen and oxygen atoms in total. The van der Waals surface area contributed by atoms with E-state index in [1.807, 2.05) is 26.0 Å². The molecule has 6 heteroatoms. The second-order valence-electron chi connectivity index (χ2n) is 4.18. The highest BCUT2D eigenvalue weighted by Gasteiger charge is 2.29. The molecule has 0 fully saturated rings. The second kappa shape index (κ2) is 4.26. The third kappa shape index (κ3) is 1.83. The summed E-state index contributed by atoms with van der Waals surface area (Å²) in [7, 11) is 0. The molecular formula is C12H11ClN2OS2. The molecule has 0 aliphatic carbocycles. The van der Waals surface area contributed by atoms with Crippen LogP contribution in [0.15, 0.2) is 12.1 Å². The van der Waals surface area contributed by atoms with Crippen molar-refractivity contribution in [3.05, 3.63) is 37.4 Å². The van der Waals surface area contributed by atoms with Gasteiger partial charge in [-0.2, -0.15) is 0 Å². The maximum Gasteiger partial charge on any atom is 0.256 e. The van der Waals surface area contributed by atoms with Crippen molar-refractivity contribution in [1.29, 1.82) is 0 Å². The van der Waals surface area contributed by atoms with E-state index in [1.54, 1.807) is 11.3 Å². The maximum absolute atomic E-state index is 12.1. The Morgan fingerprint density at radius 1 is 1.22 bits per heavy atom. The fourth-order valence-electron chi connectivity index (χ4n) is 2.00. The fourth-order valence-corrected chi connectivity index (χ4v) is 4.15. The number of fused-ring (bicyclic) bond motifs is 1. The lowest BCUT2D eigenvalue weighted by Crippen LogP contribution is -2.37. The number of nitrogens with one attached hydrogen (secondary N) is 2. The third-order valence-electron chi connectivity index (χ3n) is 3.04. The van der Waals surface area contributed by atoms with Gasteiger partial charge in [0.05, 0.1) is 9.90 Å². The van der Waals surface area contributed by atoms with E-state index in [9.17, 15) is 4.79 Å². The Morgan fingerprint density at radius 3 is 2.67 bits per heavy atom. The molecule has 0 radical (unpaired) electrons. The van der Waals surface area contributed by atoms with Gasteiger partial charge in [0, 0.05) is 9.75 Å². The number of halogens is 1. The van der Waals surface area contributed by atoms with Crippen LogP contribution in [0.5, 0.6) is 0 Å². The largest absolute Gasteiger partial charge is 0.352 e. The molecule has 0 saturated carbocycles. The van der Waals surface area contributed by atoms with E-state index in [1.165, 1.54) is 16.2 Å². The molecule has 1 unspecified atom stereocenters. The van der Waals surface area contributed by atoms with E-state index >= 15 is 0 Å². The van der Waals surface area contributed by atoms with E-state index in [0.29, 0.717) is 0 Å². The highest BCUT2D eigenvalue weighted by molar-refractivity contribution is 7.17. The summed E-state index contributed by atoms with van der Waals surface area (Å²) in [5.74, 6) is -0.0138. The Morgan fingerprint density at radius 2 is 2.00 bits per heavy atom. The van der Waals surface area contributed by atoms with Crippen molar-refractivity contribution in [1.82, 2.24) is 5.32 Å². The van der Waals surface area contributed by atoms with Gasteiger partial charge in [-0.15, -0.1) is 22.7 Å². The summed E-state index contributed by atoms with van der Waals surface area (Å²) in [6.45, 7) is 4.01. The molecule has 1 atom stereocenters. The molecule has 0 saturated heterocycles. The summed E-state index contributed by atoms with van der Waals surface area (Å²) >= 11 is 9.03. The second-order valence-corrected chi connectivity index (χ2v) is 7.15. The van der Waals surface area contributed by atoms with Crippen molar-refractivity contribution in [2.45, 2.75) is 20.0 Å². The van der Waals surface area contributed by atoms with Crippen LogP contribution in [0.1, 0.15) is 31.8 Å². The molecule has 0 aromatic carbocycles. The molecule has 0 spiro atoms. The molecule has 1 aliphatic rings. The maximum atomic E-state index is 12.1. The van der Waals surface area contributed by atoms with Crippen molar-refractivity contribution in [3.63, 3.8) is 0 Å². The lowest BCUT2D eigenvalue weighted by Gasteiger charge is -2.25. The van der Waals surface area contributed by atoms with E-state index < -0.39 is 0 Å². The quantitative estimate of drug-likeness (QED) is 0.837. The van der Waals surface area contributed by atoms with Crippen molar-refractivity contribution in [2.75, 3.05) is 5.32 Å². The average molecular weight is 299 g/mol. The number of thiophene rings is 2. The number of carbonyl (C=O) groups is 1. The van der Waals surface area contributed by atoms with Gasteiger partial charge >= 0.3 is 0 Å². The summed E-state index contributed by atoms with van der Waals surface area (Å²) in [4.78, 5) is 14.3. The molecular weight excluding hydrogens is 288 g/mol. The SMILES string of the molecule is Cc1sc2c(c1C)C(=O)NC(c1ccc(Cl)s1)N2. The Labute approximate surface area is 118 Å². The normalized spacial score (nSPS) is 18.2. The van der Waals surface area contributed by atoms with Gasteiger partial charge < -0.3 is 10.6 Å². The molecule has 2 aromatic heterocycles. The lowest BCUT2D eigenvalue weighted by molar-refractivity contribution is 0.0936. The number of aryl methyl sites for hydroxylation is 1. The highest BCUT2D eigenvalue weighted by Crippen LogP contribution is 2.38. The van der Waals surface area contributed by atoms with Crippen LogP contribution in [0.3, 0.4) is 0 Å². The number of hydrogen-bond donors (Lipinski definition) is 2. The van der Waals surface area contributed by atoms with Crippen LogP contribution in [-0.2, 0) is 0 Å². The Bertz CT molecular complexity index is 632. The van der Waals surface area contributed by atoms with Crippen LogP contribution in [0.4, 0.5) is 5.00 Å². The molecule has 1 aliphatic heterocycles. The zero-order chi connectivity index (χ0) is 12.9. The standard InChI is InChI=1S/C12H11ClN2OS2/c1-5-6(2)17-12-9(5)11(16)14-10(15-12)7-3-4-8(13)18-7/h3-4,10,15H,1-2H3,(H,14,16). The van der Waals surface area contributed by atoms with Crippen molar-refractivity contribution in [3.8, 4) is 0 Å². The first-order chi connectivity index (χ1) is 8.56. The molecule has 2 aromatic rings. The van der Waals surface area contributed by atoms with E-state index in [-0.39, 0.29) is 12.1 Å². The van der Waals surface area contributed by atoms with Gasteiger partial charge in [-0.1, -0.05) is 11.6 Å². The summed E-state index contributed by atoms with van der Waals surface area (Å²) in [5.41, 5.74) is 1.83. The summed E-state index contributed by atoms with van der Waals surface area (Å²) < 4.78 is 0.727. The molecule has 1 amide bonds. The van der Waals surface area contributed by atoms with Gasteiger partial charge in [-0.3, -0.25) is 4.79 Å². The van der Waals surface area contributed by atoms with Crippen molar-refractivity contribution >= 4 is 45.2 Å². The van der Waals surface area contributed by atoms with Gasteiger partial charge in [0.2, 0.25) is 0 Å². The van der Waals surface area contributed by atoms with Crippen LogP contribution in [0, 0.1) is 13.8 Å². The monoisotopic (exact) mass is 298 g/mol. The molecule has 2 N–H and O–H groups in total. The Hall–Kier alpha value is -1.04. The first-order valence-electron chi connectivity index (χ1n) is 5.49. The predicted octanol–water partition coefficient (Wildman–Crippen LogP) is 3.93. The van der Waals surface area contributed by atoms with Gasteiger partial charge in [0.15, 0.2) is 0 Å². The average Bonchev–Trinajstić information content (AvgIpc) is 2.85. The smallest absolute Gasteiger partial charge is 0.256 e. The van der Waals surface area contributed by atoms with E-state index in [4.69, 9.17) is 11.6 Å². The fraction of sp³-hybridized carbons (Fsp3) is 0.250. The number of anilines is 1. The zero-order valence-electron chi connectivity index (χ0n) is 9.83. The molecule has 3 rings (SSSR count). The minimum atomic E-state index is -0.181. The first-order valence-corrected chi connectivity index (χ1v) is 7.50. The van der Waals surface area contributed by atoms with Gasteiger partial charge in [0.1, 0.15) is 11.2 Å². The van der Waals surface area contributed by atoms with E-state index in [2.05, 4.69) is 10.6 Å². The number of rotatable bonds is 1. The van der Waals surface area contributed by atoms with Crippen LogP contribution >= 0.6 is 34.3 Å². The Balaban J connectivity index is 1.99. The summed E-state index contributed by atoms with van der Waals surface area (Å²) in [6.07, 6.45) is -0.181. The summed E-state index contributed by atoms with van der Waals surface area (Å²) in [6, 6.07) is 3.78. The zero-order valence-corrected chi connectivity index (χ0v) is 12.2. The van der Waals surface area contributed by atoms with Gasteiger partial charge in [0.25, 0.3) is 5.91 Å². The minimum Gasteiger partial charge on any atom is -0.352 e. The van der Waals surface area contributed by atoms with Gasteiger partial charge in [-0.25, -0.2) is 0 Å². The van der Waals surface area contributed by atoms with Crippen LogP contribution in [0.2, 0.25) is 4.34 Å². The number of amides is 1. The number of hydrogen-bond acceptors (Lipinski definition) is 4. The summed E-state index contributed by atoms with van der Waals surface area (Å²) in [5, 5.41) is 7.27. The van der Waals surface area contributed by atoms with Crippen LogP contribution in [-0.4, -0.2) is 5.91 Å². The van der Waals surface area contributed by atoms with Crippen LogP contribution < -0.4 is 10.6 Å². The van der Waals surface area contributed by atoms with Crippen molar-refractivity contribution in [2.24, 2.45) is 0 Å². The highest BCUT2D eigenvalue weighted by atomic mass is 35.5. The molecule has 3 heterocycles. The third-order valence-corrected chi connectivity index (χ3v) is 5.48. The minimum absolute atomic E-state index is 0.0138. The van der Waals surface area contributed by atoms with E-state index in [0.717, 1.165) is 25.3 Å². The van der Waals surface area contributed by atoms with Crippen molar-refractivity contribution < 1.29 is 4.79 Å². The lowest BCUT2D eigenvalue weighted by atomic mass is 10.1. The van der Waals surface area contributed by atoms with Crippen LogP contribution in [0.25, 0.3) is 0 Å². The molecule has 0 bridgehead atoms. The predicted molar refractivity (Wildman–Crippen MR) is 77.0 cm³/mol. The molecule has 94 valence electrons. The number of carbonyl (C=O) groups excluding carboxylic acids is 1. The molecule has 18 heavy (non-hydrogen) atoms. The topological polar surface area (TPSA) is 41.1 Å². The van der Waals surface area contributed by atoms with Gasteiger partial charge in [-0.05, 0) is 31.5 Å². The first kappa shape index (κ1) is 12.0.